The zero-order valence-electron chi connectivity index (χ0n) is 29.8. The average molecular weight is 681 g/mol. The molecule has 1 unspecified atom stereocenters. The van der Waals surface area contributed by atoms with Crippen LogP contribution in [0.25, 0.3) is 0 Å². The minimum Gasteiger partial charge on any atom is -0.458 e. The number of ether oxygens (including phenoxy) is 2. The quantitative estimate of drug-likeness (QED) is 0.144. The van der Waals surface area contributed by atoms with Crippen molar-refractivity contribution in [3.63, 3.8) is 0 Å². The van der Waals surface area contributed by atoms with Crippen molar-refractivity contribution in [1.82, 2.24) is 21.3 Å². The first-order valence-corrected chi connectivity index (χ1v) is 16.7. The lowest BCUT2D eigenvalue weighted by Gasteiger charge is -2.28. The van der Waals surface area contributed by atoms with E-state index in [2.05, 4.69) is 21.3 Å². The smallest absolute Gasteiger partial charge is 0.408 e. The van der Waals surface area contributed by atoms with Crippen LogP contribution in [0.1, 0.15) is 79.4 Å². The molecule has 4 amide bonds. The van der Waals surface area contributed by atoms with Crippen molar-refractivity contribution in [1.29, 1.82) is 0 Å². The van der Waals surface area contributed by atoms with Crippen molar-refractivity contribution >= 4 is 35.6 Å². The number of rotatable bonds is 17. The Morgan fingerprint density at radius 1 is 0.694 bits per heavy atom. The SMILES string of the molecule is CCC(NC(=O)[C@@H](Cc1ccccc1)NC(=O)OCc1ccccc1)C(=O)C(=O)N[C@H](CC(C)C)C(=O)N[C@H](C(=O)OC(C)(C)C)C(C)C. The number of amides is 4. The Morgan fingerprint density at radius 2 is 1.24 bits per heavy atom. The van der Waals surface area contributed by atoms with Crippen LogP contribution in [0, 0.1) is 11.8 Å². The molecule has 0 saturated carbocycles. The van der Waals surface area contributed by atoms with Crippen molar-refractivity contribution in [2.75, 3.05) is 0 Å². The maximum absolute atomic E-state index is 13.5. The molecule has 0 aliphatic carbocycles. The molecule has 0 heterocycles. The second-order valence-electron chi connectivity index (χ2n) is 13.7. The average Bonchev–Trinajstić information content (AvgIpc) is 3.03. The van der Waals surface area contributed by atoms with Gasteiger partial charge >= 0.3 is 12.1 Å². The van der Waals surface area contributed by atoms with Crippen LogP contribution < -0.4 is 21.3 Å². The predicted octanol–water partition coefficient (Wildman–Crippen LogP) is 4.00. The molecule has 4 N–H and O–H groups in total. The van der Waals surface area contributed by atoms with Gasteiger partial charge in [0.05, 0.1) is 6.04 Å². The molecule has 0 bridgehead atoms. The van der Waals surface area contributed by atoms with Gasteiger partial charge in [0.1, 0.15) is 30.3 Å². The van der Waals surface area contributed by atoms with Gasteiger partial charge in [0.15, 0.2) is 0 Å². The van der Waals surface area contributed by atoms with Crippen molar-refractivity contribution in [2.45, 2.75) is 111 Å². The van der Waals surface area contributed by atoms with E-state index in [9.17, 15) is 28.8 Å². The number of nitrogens with one attached hydrogen (secondary N) is 4. The first-order chi connectivity index (χ1) is 23.0. The van der Waals surface area contributed by atoms with Crippen LogP contribution in [0.15, 0.2) is 60.7 Å². The molecule has 2 aromatic rings. The molecule has 0 radical (unpaired) electrons. The third-order valence-corrected chi connectivity index (χ3v) is 7.32. The van der Waals surface area contributed by atoms with Gasteiger partial charge in [-0.1, -0.05) is 95.3 Å². The highest BCUT2D eigenvalue weighted by atomic mass is 16.6. The summed E-state index contributed by atoms with van der Waals surface area (Å²) in [5, 5.41) is 10.4. The topological polar surface area (TPSA) is 169 Å². The first kappa shape index (κ1) is 40.4. The maximum atomic E-state index is 13.5. The third kappa shape index (κ3) is 14.5. The summed E-state index contributed by atoms with van der Waals surface area (Å²) in [6, 6.07) is 13.5. The second-order valence-corrected chi connectivity index (χ2v) is 13.7. The van der Waals surface area contributed by atoms with Crippen LogP contribution in [0.4, 0.5) is 4.79 Å². The molecule has 2 aromatic carbocycles. The van der Waals surface area contributed by atoms with E-state index in [-0.39, 0.29) is 37.7 Å². The van der Waals surface area contributed by atoms with E-state index in [1.807, 2.05) is 38.1 Å². The molecule has 12 nitrogen and oxygen atoms in total. The summed E-state index contributed by atoms with van der Waals surface area (Å²) >= 11 is 0. The van der Waals surface area contributed by atoms with Crippen molar-refractivity contribution < 1.29 is 38.2 Å². The lowest BCUT2D eigenvalue weighted by atomic mass is 9.99. The minimum absolute atomic E-state index is 0.0105. The monoisotopic (exact) mass is 680 g/mol. The fourth-order valence-corrected chi connectivity index (χ4v) is 4.80. The minimum atomic E-state index is -1.25. The van der Waals surface area contributed by atoms with E-state index in [1.54, 1.807) is 77.9 Å². The number of hydrogen-bond donors (Lipinski definition) is 4. The van der Waals surface area contributed by atoms with Gasteiger partial charge in [-0.05, 0) is 56.6 Å². The zero-order valence-corrected chi connectivity index (χ0v) is 29.8. The van der Waals surface area contributed by atoms with Crippen LogP contribution in [-0.2, 0) is 46.5 Å². The summed E-state index contributed by atoms with van der Waals surface area (Å²) in [5.74, 6) is -4.35. The first-order valence-electron chi connectivity index (χ1n) is 16.7. The van der Waals surface area contributed by atoms with Gasteiger partial charge < -0.3 is 30.7 Å². The fraction of sp³-hybridized carbons (Fsp3) is 0.514. The molecule has 4 atom stereocenters. The Labute approximate surface area is 289 Å². The maximum Gasteiger partial charge on any atom is 0.408 e. The van der Waals surface area contributed by atoms with Gasteiger partial charge in [-0.25, -0.2) is 9.59 Å². The molecule has 0 saturated heterocycles. The second kappa shape index (κ2) is 19.3. The number of benzene rings is 2. The number of hydrogen-bond acceptors (Lipinski definition) is 8. The highest BCUT2D eigenvalue weighted by Crippen LogP contribution is 2.14. The molecule has 49 heavy (non-hydrogen) atoms. The molecule has 0 aliphatic rings. The number of ketones is 1. The van der Waals surface area contributed by atoms with Gasteiger partial charge in [-0.15, -0.1) is 0 Å². The normalized spacial score (nSPS) is 13.8. The van der Waals surface area contributed by atoms with Crippen molar-refractivity contribution in [3.05, 3.63) is 71.8 Å². The Morgan fingerprint density at radius 3 is 1.76 bits per heavy atom. The molecule has 0 spiro atoms. The van der Waals surface area contributed by atoms with Gasteiger partial charge in [-0.3, -0.25) is 19.2 Å². The zero-order chi connectivity index (χ0) is 36.7. The number of Topliss-reactive ketones (excluding diaryl/α,β-unsaturated/α-hetero) is 1. The third-order valence-electron chi connectivity index (χ3n) is 7.32. The molecule has 12 heteroatoms. The lowest BCUT2D eigenvalue weighted by molar-refractivity contribution is -0.160. The van der Waals surface area contributed by atoms with E-state index < -0.39 is 65.3 Å². The van der Waals surface area contributed by atoms with E-state index >= 15 is 0 Å². The van der Waals surface area contributed by atoms with Gasteiger partial charge in [0.2, 0.25) is 17.6 Å². The Hall–Kier alpha value is -4.74. The van der Waals surface area contributed by atoms with Crippen LogP contribution in [-0.4, -0.2) is 65.3 Å². The largest absolute Gasteiger partial charge is 0.458 e. The molecular formula is C37H52N4O8. The van der Waals surface area contributed by atoms with E-state index in [4.69, 9.17) is 9.47 Å². The molecule has 0 aliphatic heterocycles. The summed E-state index contributed by atoms with van der Waals surface area (Å²) < 4.78 is 10.8. The van der Waals surface area contributed by atoms with E-state index in [0.29, 0.717) is 0 Å². The number of alkyl carbamates (subject to hydrolysis) is 1. The Balaban J connectivity index is 2.16. The molecular weight excluding hydrogens is 628 g/mol. The van der Waals surface area contributed by atoms with Crippen molar-refractivity contribution in [3.8, 4) is 0 Å². The summed E-state index contributed by atoms with van der Waals surface area (Å²) in [7, 11) is 0. The number of esters is 1. The van der Waals surface area contributed by atoms with Gasteiger partial charge in [0, 0.05) is 6.42 Å². The molecule has 268 valence electrons. The number of carbonyl (C=O) groups is 6. The van der Waals surface area contributed by atoms with E-state index in [1.165, 1.54) is 0 Å². The molecule has 0 fully saturated rings. The summed E-state index contributed by atoms with van der Waals surface area (Å²) in [6.07, 6.45) is -0.495. The van der Waals surface area contributed by atoms with Crippen LogP contribution in [0.3, 0.4) is 0 Å². The Bertz CT molecular complexity index is 1410. The van der Waals surface area contributed by atoms with Crippen molar-refractivity contribution in [2.24, 2.45) is 11.8 Å². The summed E-state index contributed by atoms with van der Waals surface area (Å²) in [5.41, 5.74) is 0.736. The predicted molar refractivity (Wildman–Crippen MR) is 185 cm³/mol. The Kier molecular flexibility index (Phi) is 15.9. The highest BCUT2D eigenvalue weighted by Gasteiger charge is 2.35. The van der Waals surface area contributed by atoms with Crippen LogP contribution >= 0.6 is 0 Å². The molecule has 2 rings (SSSR count). The van der Waals surface area contributed by atoms with Gasteiger partial charge in [0.25, 0.3) is 5.91 Å². The van der Waals surface area contributed by atoms with Gasteiger partial charge in [-0.2, -0.15) is 0 Å². The van der Waals surface area contributed by atoms with Crippen LogP contribution in [0.5, 0.6) is 0 Å². The van der Waals surface area contributed by atoms with Crippen LogP contribution in [0.2, 0.25) is 0 Å². The standard InChI is InChI=1S/C37H52N4O8/c1-9-27(31(42)34(45)39-28(20-23(2)3)33(44)41-30(24(4)5)35(46)49-37(6,7)8)38-32(43)29(21-25-16-12-10-13-17-25)40-36(47)48-22-26-18-14-11-15-19-26/h10-19,23-24,27-30H,9,20-22H2,1-8H3,(H,38,43)(H,39,45)(H,40,47)(H,41,44)/t27?,28-,29-,30+/m1/s1. The molecule has 0 aromatic heterocycles. The summed E-state index contributed by atoms with van der Waals surface area (Å²) in [4.78, 5) is 79.0. The fourth-order valence-electron chi connectivity index (χ4n) is 4.80. The summed E-state index contributed by atoms with van der Waals surface area (Å²) in [6.45, 7) is 14.0. The highest BCUT2D eigenvalue weighted by molar-refractivity contribution is 6.38. The number of carbonyl (C=O) groups excluding carboxylic acids is 6. The van der Waals surface area contributed by atoms with E-state index in [0.717, 1.165) is 11.1 Å². The lowest BCUT2D eigenvalue weighted by Crippen LogP contribution is -2.58.